The van der Waals surface area contributed by atoms with E-state index in [4.69, 9.17) is 9.47 Å². The maximum atomic E-state index is 11.6. The maximum absolute atomic E-state index is 11.6. The van der Waals surface area contributed by atoms with Crippen LogP contribution in [0.3, 0.4) is 0 Å². The van der Waals surface area contributed by atoms with Crippen LogP contribution in [0.15, 0.2) is 11.1 Å². The van der Waals surface area contributed by atoms with Crippen molar-refractivity contribution in [3.63, 3.8) is 0 Å². The molecule has 0 heterocycles. The van der Waals surface area contributed by atoms with Crippen molar-refractivity contribution in [2.45, 2.75) is 53.4 Å². The molecule has 112 valence electrons. The Morgan fingerprint density at radius 3 is 1.37 bits per heavy atom. The zero-order valence-corrected chi connectivity index (χ0v) is 11.9. The van der Waals surface area contributed by atoms with Gasteiger partial charge in [0.15, 0.2) is 0 Å². The summed E-state index contributed by atoms with van der Waals surface area (Å²) in [5, 5.41) is 0. The van der Waals surface area contributed by atoms with Gasteiger partial charge in [-0.15, -0.1) is 0 Å². The van der Waals surface area contributed by atoms with E-state index >= 15 is 0 Å². The standard InChI is InChI=1S/C14H24O4.Sn.4H/c1-5-7-9-17-13(15)11(3)12(4)14(16)18-10-8-6-2;;;;;/h5-10H2,1-4H3;;;;;/b12-11-;;;;;. The Balaban J connectivity index is 0. The number of carbonyl (C=O) groups excluding carboxylic acids is 2. The van der Waals surface area contributed by atoms with E-state index in [0.29, 0.717) is 24.4 Å². The number of esters is 2. The summed E-state index contributed by atoms with van der Waals surface area (Å²) in [6, 6.07) is 0. The summed E-state index contributed by atoms with van der Waals surface area (Å²) >= 11 is 0. The van der Waals surface area contributed by atoms with Crippen molar-refractivity contribution in [2.24, 2.45) is 0 Å². The molecule has 19 heavy (non-hydrogen) atoms. The van der Waals surface area contributed by atoms with E-state index in [1.165, 1.54) is 0 Å². The molecule has 0 unspecified atom stereocenters. The number of hydrogen-bond donors (Lipinski definition) is 0. The summed E-state index contributed by atoms with van der Waals surface area (Å²) in [6.07, 6.45) is 3.60. The molecule has 0 saturated carbocycles. The van der Waals surface area contributed by atoms with Crippen LogP contribution < -0.4 is 0 Å². The van der Waals surface area contributed by atoms with E-state index in [0.717, 1.165) is 25.7 Å². The minimum absolute atomic E-state index is 0. The summed E-state index contributed by atoms with van der Waals surface area (Å²) in [5.74, 6) is -0.873. The van der Waals surface area contributed by atoms with E-state index in [1.807, 2.05) is 13.8 Å². The van der Waals surface area contributed by atoms with Crippen molar-refractivity contribution >= 4 is 35.8 Å². The molecule has 0 aliphatic carbocycles. The van der Waals surface area contributed by atoms with Gasteiger partial charge in [-0.3, -0.25) is 0 Å². The zero-order valence-electron chi connectivity index (χ0n) is 11.9. The van der Waals surface area contributed by atoms with Crippen LogP contribution in [-0.4, -0.2) is 49.1 Å². The Labute approximate surface area is 132 Å². The van der Waals surface area contributed by atoms with Crippen LogP contribution in [0, 0.1) is 0 Å². The molecular weight excluding hydrogens is 351 g/mol. The first-order chi connectivity index (χ1) is 8.54. The Morgan fingerprint density at radius 1 is 0.789 bits per heavy atom. The molecule has 0 bridgehead atoms. The van der Waals surface area contributed by atoms with Gasteiger partial charge in [0.25, 0.3) is 0 Å². The van der Waals surface area contributed by atoms with Gasteiger partial charge in [0.2, 0.25) is 0 Å². The van der Waals surface area contributed by atoms with Gasteiger partial charge in [-0.05, 0) is 26.7 Å². The number of hydrogen-bond acceptors (Lipinski definition) is 4. The summed E-state index contributed by atoms with van der Waals surface area (Å²) < 4.78 is 10.1. The van der Waals surface area contributed by atoms with Gasteiger partial charge in [-0.1, -0.05) is 26.7 Å². The Morgan fingerprint density at radius 2 is 1.11 bits per heavy atom. The van der Waals surface area contributed by atoms with Crippen LogP contribution in [0.4, 0.5) is 0 Å². The Hall–Kier alpha value is -0.521. The first kappa shape index (κ1) is 20.8. The quantitative estimate of drug-likeness (QED) is 0.278. The van der Waals surface area contributed by atoms with Gasteiger partial charge in [0.1, 0.15) is 0 Å². The fourth-order valence-electron chi connectivity index (χ4n) is 1.14. The normalized spacial score (nSPS) is 11.2. The molecule has 0 N–H and O–H groups in total. The molecule has 0 aliphatic rings. The third kappa shape index (κ3) is 9.08. The van der Waals surface area contributed by atoms with Gasteiger partial charge >= 0.3 is 35.8 Å². The van der Waals surface area contributed by atoms with Crippen molar-refractivity contribution in [3.05, 3.63) is 11.1 Å². The van der Waals surface area contributed by atoms with Crippen molar-refractivity contribution in [1.82, 2.24) is 0 Å². The van der Waals surface area contributed by atoms with Gasteiger partial charge in [0.05, 0.1) is 13.2 Å². The fraction of sp³-hybridized carbons (Fsp3) is 0.714. The first-order valence-electron chi connectivity index (χ1n) is 6.56. The van der Waals surface area contributed by atoms with E-state index in [2.05, 4.69) is 0 Å². The summed E-state index contributed by atoms with van der Waals surface area (Å²) in [5.41, 5.74) is 0.653. The zero-order chi connectivity index (χ0) is 14.0. The number of unbranched alkanes of at least 4 members (excludes halogenated alkanes) is 2. The van der Waals surface area contributed by atoms with Gasteiger partial charge in [-0.25, -0.2) is 9.59 Å². The number of ether oxygens (including phenoxy) is 2. The van der Waals surface area contributed by atoms with Crippen LogP contribution >= 0.6 is 0 Å². The average molecular weight is 379 g/mol. The summed E-state index contributed by atoms with van der Waals surface area (Å²) in [7, 11) is 0. The van der Waals surface area contributed by atoms with Crippen LogP contribution in [-0.2, 0) is 19.1 Å². The van der Waals surface area contributed by atoms with E-state index in [-0.39, 0.29) is 23.9 Å². The minimum atomic E-state index is -0.437. The molecule has 0 aliphatic heterocycles. The van der Waals surface area contributed by atoms with E-state index < -0.39 is 11.9 Å². The molecule has 0 fully saturated rings. The van der Waals surface area contributed by atoms with Gasteiger partial charge < -0.3 is 9.47 Å². The van der Waals surface area contributed by atoms with Crippen LogP contribution in [0.2, 0.25) is 0 Å². The first-order valence-corrected chi connectivity index (χ1v) is 6.56. The molecule has 0 spiro atoms. The predicted molar refractivity (Wildman–Crippen MR) is 81.4 cm³/mol. The van der Waals surface area contributed by atoms with Crippen molar-refractivity contribution in [1.29, 1.82) is 0 Å². The second-order valence-corrected chi connectivity index (χ2v) is 4.23. The van der Waals surface area contributed by atoms with E-state index in [1.54, 1.807) is 13.8 Å². The van der Waals surface area contributed by atoms with Gasteiger partial charge in [-0.2, -0.15) is 0 Å². The van der Waals surface area contributed by atoms with Crippen LogP contribution in [0.25, 0.3) is 0 Å². The molecule has 5 heteroatoms. The fourth-order valence-corrected chi connectivity index (χ4v) is 1.14. The second-order valence-electron chi connectivity index (χ2n) is 4.23. The molecule has 0 aromatic carbocycles. The van der Waals surface area contributed by atoms with Crippen LogP contribution in [0.5, 0.6) is 0 Å². The van der Waals surface area contributed by atoms with Gasteiger partial charge in [0, 0.05) is 11.1 Å². The third-order valence-corrected chi connectivity index (χ3v) is 2.64. The summed E-state index contributed by atoms with van der Waals surface area (Å²) in [4.78, 5) is 23.2. The van der Waals surface area contributed by atoms with Crippen molar-refractivity contribution in [2.75, 3.05) is 13.2 Å². The van der Waals surface area contributed by atoms with E-state index in [9.17, 15) is 9.59 Å². The molecule has 0 aromatic rings. The third-order valence-electron chi connectivity index (χ3n) is 2.64. The molecule has 0 atom stereocenters. The van der Waals surface area contributed by atoms with Crippen molar-refractivity contribution in [3.8, 4) is 0 Å². The predicted octanol–water partition coefficient (Wildman–Crippen LogP) is 1.56. The monoisotopic (exact) mass is 380 g/mol. The molecule has 0 radical (unpaired) electrons. The number of carbonyl (C=O) groups is 2. The second kappa shape index (κ2) is 12.5. The molecule has 4 nitrogen and oxygen atoms in total. The summed E-state index contributed by atoms with van der Waals surface area (Å²) in [6.45, 7) is 8.00. The molecule has 0 amide bonds. The SMILES string of the molecule is CCCCOC(=O)/C(C)=C(/C)C(=O)OCCCC.[SnH4]. The molecular formula is C14H28O4Sn. The van der Waals surface area contributed by atoms with Crippen molar-refractivity contribution < 1.29 is 19.1 Å². The average Bonchev–Trinajstić information content (AvgIpc) is 2.37. The Bertz CT molecular complexity index is 281. The van der Waals surface area contributed by atoms with Crippen LogP contribution in [0.1, 0.15) is 53.4 Å². The molecule has 0 aromatic heterocycles. The number of rotatable bonds is 8. The topological polar surface area (TPSA) is 52.6 Å². The Kier molecular flexibility index (Phi) is 13.7. The molecule has 0 saturated heterocycles. The molecule has 0 rings (SSSR count).